The summed E-state index contributed by atoms with van der Waals surface area (Å²) in [7, 11) is 0. The minimum absolute atomic E-state index is 0.240. The van der Waals surface area contributed by atoms with Crippen molar-refractivity contribution in [2.24, 2.45) is 0 Å². The third-order valence-electron chi connectivity index (χ3n) is 1.76. The molecule has 0 saturated heterocycles. The van der Waals surface area contributed by atoms with Crippen LogP contribution in [0.5, 0.6) is 5.75 Å². The molecule has 0 radical (unpaired) electrons. The number of hydrogen-bond acceptors (Lipinski definition) is 3. The average molecular weight is 352 g/mol. The quantitative estimate of drug-likeness (QED) is 0.761. The van der Waals surface area contributed by atoms with Crippen molar-refractivity contribution in [1.82, 2.24) is 0 Å². The van der Waals surface area contributed by atoms with Gasteiger partial charge in [-0.15, -0.1) is 0 Å². The highest BCUT2D eigenvalue weighted by Crippen LogP contribution is 2.28. The van der Waals surface area contributed by atoms with Crippen LogP contribution < -0.4 is 4.74 Å². The fourth-order valence-electron chi connectivity index (χ4n) is 1.07. The van der Waals surface area contributed by atoms with E-state index in [0.29, 0.717) is 19.0 Å². The lowest BCUT2D eigenvalue weighted by molar-refractivity contribution is -0.143. The lowest BCUT2D eigenvalue weighted by atomic mass is 10.3. The highest BCUT2D eigenvalue weighted by molar-refractivity contribution is 9.11. The number of hydrogen-bond donors (Lipinski definition) is 0. The van der Waals surface area contributed by atoms with E-state index in [2.05, 4.69) is 31.9 Å². The third kappa shape index (κ3) is 4.53. The molecule has 1 aromatic carbocycles. The second kappa shape index (κ2) is 6.91. The van der Waals surface area contributed by atoms with E-state index in [0.717, 1.165) is 8.95 Å². The van der Waals surface area contributed by atoms with Crippen molar-refractivity contribution in [3.05, 3.63) is 27.1 Å². The predicted octanol–water partition coefficient (Wildman–Crippen LogP) is 3.54. The van der Waals surface area contributed by atoms with Gasteiger partial charge < -0.3 is 9.47 Å². The Morgan fingerprint density at radius 3 is 2.75 bits per heavy atom. The molecule has 3 nitrogen and oxygen atoms in total. The standard InChI is InChI=1S/C11H12Br2O3/c1-2-15-11(14)5-6-16-10-4-3-8(12)7-9(10)13/h3-4,7H,2,5-6H2,1H3. The zero-order valence-electron chi connectivity index (χ0n) is 8.83. The van der Waals surface area contributed by atoms with Gasteiger partial charge in [0.15, 0.2) is 0 Å². The minimum atomic E-state index is -0.240. The van der Waals surface area contributed by atoms with Gasteiger partial charge in [-0.25, -0.2) is 0 Å². The SMILES string of the molecule is CCOC(=O)CCOc1ccc(Br)cc1Br. The molecule has 0 amide bonds. The van der Waals surface area contributed by atoms with E-state index in [-0.39, 0.29) is 12.4 Å². The monoisotopic (exact) mass is 350 g/mol. The van der Waals surface area contributed by atoms with E-state index >= 15 is 0 Å². The summed E-state index contributed by atoms with van der Waals surface area (Å²) in [4.78, 5) is 11.1. The second-order valence-corrected chi connectivity index (χ2v) is 4.75. The van der Waals surface area contributed by atoms with Crippen LogP contribution in [0.4, 0.5) is 0 Å². The maximum atomic E-state index is 11.1. The number of carbonyl (C=O) groups excluding carboxylic acids is 1. The Labute approximate surface area is 111 Å². The van der Waals surface area contributed by atoms with Crippen LogP contribution in [0.25, 0.3) is 0 Å². The summed E-state index contributed by atoms with van der Waals surface area (Å²) in [6, 6.07) is 5.60. The Morgan fingerprint density at radius 1 is 1.38 bits per heavy atom. The number of carbonyl (C=O) groups is 1. The Bertz CT molecular complexity index is 366. The maximum absolute atomic E-state index is 11.1. The molecular formula is C11H12Br2O3. The van der Waals surface area contributed by atoms with Crippen LogP contribution >= 0.6 is 31.9 Å². The summed E-state index contributed by atoms with van der Waals surface area (Å²) >= 11 is 6.72. The van der Waals surface area contributed by atoms with Crippen LogP contribution in [0.2, 0.25) is 0 Å². The smallest absolute Gasteiger partial charge is 0.309 e. The number of rotatable bonds is 5. The number of esters is 1. The molecule has 0 saturated carbocycles. The van der Waals surface area contributed by atoms with Crippen LogP contribution in [0.15, 0.2) is 27.1 Å². The van der Waals surface area contributed by atoms with Gasteiger partial charge in [0.1, 0.15) is 5.75 Å². The zero-order chi connectivity index (χ0) is 12.0. The molecule has 0 N–H and O–H groups in total. The van der Waals surface area contributed by atoms with Gasteiger partial charge in [0, 0.05) is 4.47 Å². The molecule has 0 aromatic heterocycles. The van der Waals surface area contributed by atoms with Crippen LogP contribution in [-0.2, 0) is 9.53 Å². The van der Waals surface area contributed by atoms with Gasteiger partial charge in [-0.05, 0) is 41.1 Å². The van der Waals surface area contributed by atoms with Gasteiger partial charge in [0.2, 0.25) is 0 Å². The first-order chi connectivity index (χ1) is 7.63. The Balaban J connectivity index is 2.40. The van der Waals surface area contributed by atoms with Gasteiger partial charge >= 0.3 is 5.97 Å². The molecule has 16 heavy (non-hydrogen) atoms. The first kappa shape index (κ1) is 13.5. The fourth-order valence-corrected chi connectivity index (χ4v) is 2.23. The topological polar surface area (TPSA) is 35.5 Å². The Hall–Kier alpha value is -0.550. The van der Waals surface area contributed by atoms with Crippen LogP contribution in [0.1, 0.15) is 13.3 Å². The first-order valence-corrected chi connectivity index (χ1v) is 6.45. The first-order valence-electron chi connectivity index (χ1n) is 4.87. The summed E-state index contributed by atoms with van der Waals surface area (Å²) in [6.45, 7) is 2.50. The van der Waals surface area contributed by atoms with E-state index in [1.54, 1.807) is 6.92 Å². The van der Waals surface area contributed by atoms with Crippen LogP contribution in [-0.4, -0.2) is 19.2 Å². The van der Waals surface area contributed by atoms with Crippen molar-refractivity contribution in [3.63, 3.8) is 0 Å². The summed E-state index contributed by atoms with van der Waals surface area (Å²) in [5.41, 5.74) is 0. The maximum Gasteiger partial charge on any atom is 0.309 e. The van der Waals surface area contributed by atoms with Crippen LogP contribution in [0, 0.1) is 0 Å². The molecule has 0 aliphatic heterocycles. The lowest BCUT2D eigenvalue weighted by Gasteiger charge is -2.07. The molecule has 0 bridgehead atoms. The summed E-state index contributed by atoms with van der Waals surface area (Å²) in [5, 5.41) is 0. The van der Waals surface area contributed by atoms with Gasteiger partial charge in [0.25, 0.3) is 0 Å². The van der Waals surface area contributed by atoms with Crippen molar-refractivity contribution >= 4 is 37.8 Å². The van der Waals surface area contributed by atoms with E-state index in [1.165, 1.54) is 0 Å². The fraction of sp³-hybridized carbons (Fsp3) is 0.364. The molecule has 1 aromatic rings. The van der Waals surface area contributed by atoms with Gasteiger partial charge in [-0.3, -0.25) is 4.79 Å². The highest BCUT2D eigenvalue weighted by atomic mass is 79.9. The zero-order valence-corrected chi connectivity index (χ0v) is 12.0. The van der Waals surface area contributed by atoms with Crippen molar-refractivity contribution < 1.29 is 14.3 Å². The summed E-state index contributed by atoms with van der Waals surface area (Å²) in [6.07, 6.45) is 0.260. The van der Waals surface area contributed by atoms with Crippen molar-refractivity contribution in [2.45, 2.75) is 13.3 Å². The molecule has 0 unspecified atom stereocenters. The van der Waals surface area contributed by atoms with E-state index in [9.17, 15) is 4.79 Å². The minimum Gasteiger partial charge on any atom is -0.492 e. The molecule has 0 aliphatic rings. The lowest BCUT2D eigenvalue weighted by Crippen LogP contribution is -2.09. The van der Waals surface area contributed by atoms with Crippen molar-refractivity contribution in [2.75, 3.05) is 13.2 Å². The highest BCUT2D eigenvalue weighted by Gasteiger charge is 2.04. The molecule has 88 valence electrons. The molecule has 1 rings (SSSR count). The van der Waals surface area contributed by atoms with E-state index in [1.807, 2.05) is 18.2 Å². The van der Waals surface area contributed by atoms with Gasteiger partial charge in [-0.1, -0.05) is 15.9 Å². The molecule has 0 spiro atoms. The summed E-state index contributed by atoms with van der Waals surface area (Å²) in [5.74, 6) is 0.475. The normalized spacial score (nSPS) is 9.94. The number of ether oxygens (including phenoxy) is 2. The number of benzene rings is 1. The third-order valence-corrected chi connectivity index (χ3v) is 2.88. The Kier molecular flexibility index (Phi) is 5.84. The largest absolute Gasteiger partial charge is 0.492 e. The molecule has 0 heterocycles. The van der Waals surface area contributed by atoms with E-state index in [4.69, 9.17) is 9.47 Å². The second-order valence-electron chi connectivity index (χ2n) is 2.98. The summed E-state index contributed by atoms with van der Waals surface area (Å²) < 4.78 is 12.1. The number of halogens is 2. The molecule has 0 fully saturated rings. The van der Waals surface area contributed by atoms with Gasteiger partial charge in [-0.2, -0.15) is 0 Å². The Morgan fingerprint density at radius 2 is 2.12 bits per heavy atom. The predicted molar refractivity (Wildman–Crippen MR) is 68.6 cm³/mol. The van der Waals surface area contributed by atoms with Crippen molar-refractivity contribution in [3.8, 4) is 5.75 Å². The molecule has 0 aliphatic carbocycles. The van der Waals surface area contributed by atoms with Gasteiger partial charge in [0.05, 0.1) is 24.1 Å². The molecule has 0 atom stereocenters. The molecular weight excluding hydrogens is 340 g/mol. The van der Waals surface area contributed by atoms with E-state index < -0.39 is 0 Å². The average Bonchev–Trinajstić information content (AvgIpc) is 2.22. The van der Waals surface area contributed by atoms with Crippen LogP contribution in [0.3, 0.4) is 0 Å². The molecule has 5 heteroatoms. The van der Waals surface area contributed by atoms with Crippen molar-refractivity contribution in [1.29, 1.82) is 0 Å².